The van der Waals surface area contributed by atoms with Crippen LogP contribution < -0.4 is 14.8 Å². The Morgan fingerprint density at radius 2 is 1.90 bits per heavy atom. The summed E-state index contributed by atoms with van der Waals surface area (Å²) in [5, 5.41) is 12.4. The first-order chi connectivity index (χ1) is 10.2. The van der Waals surface area contributed by atoms with Crippen molar-refractivity contribution in [3.05, 3.63) is 23.3 Å². The lowest BCUT2D eigenvalue weighted by Crippen LogP contribution is -2.37. The molecule has 0 spiro atoms. The lowest BCUT2D eigenvalue weighted by Gasteiger charge is -2.30. The van der Waals surface area contributed by atoms with E-state index in [1.807, 2.05) is 7.05 Å². The summed E-state index contributed by atoms with van der Waals surface area (Å²) in [6, 6.07) is 4.36. The molecule has 0 aromatic heterocycles. The second kappa shape index (κ2) is 7.64. The number of benzene rings is 1. The largest absolute Gasteiger partial charge is 0.493 e. The molecule has 5 nitrogen and oxygen atoms in total. The molecule has 1 aromatic carbocycles. The predicted octanol–water partition coefficient (Wildman–Crippen LogP) is 1.03. The summed E-state index contributed by atoms with van der Waals surface area (Å²) < 4.78 is 10.7. The number of hydrogen-bond acceptors (Lipinski definition) is 5. The van der Waals surface area contributed by atoms with E-state index in [0.717, 1.165) is 44.0 Å². The molecule has 1 unspecified atom stereocenters. The first-order valence-corrected chi connectivity index (χ1v) is 7.46. The van der Waals surface area contributed by atoms with Gasteiger partial charge in [0.25, 0.3) is 0 Å². The van der Waals surface area contributed by atoms with Crippen molar-refractivity contribution in [3.8, 4) is 11.5 Å². The summed E-state index contributed by atoms with van der Waals surface area (Å²) in [6.45, 7) is 3.15. The highest BCUT2D eigenvalue weighted by Gasteiger charge is 2.19. The molecule has 2 N–H and O–H groups in total. The number of ether oxygens (including phenoxy) is 2. The van der Waals surface area contributed by atoms with Crippen LogP contribution in [0, 0.1) is 0 Å². The van der Waals surface area contributed by atoms with E-state index in [2.05, 4.69) is 22.3 Å². The number of hydrogen-bond donors (Lipinski definition) is 2. The van der Waals surface area contributed by atoms with Gasteiger partial charge in [-0.1, -0.05) is 0 Å². The molecule has 1 aliphatic heterocycles. The van der Waals surface area contributed by atoms with Gasteiger partial charge in [0.2, 0.25) is 0 Å². The lowest BCUT2D eigenvalue weighted by molar-refractivity contribution is 0.201. The molecule has 0 radical (unpaired) electrons. The Morgan fingerprint density at radius 3 is 2.48 bits per heavy atom. The zero-order valence-electron chi connectivity index (χ0n) is 13.2. The quantitative estimate of drug-likeness (QED) is 0.787. The van der Waals surface area contributed by atoms with E-state index in [0.29, 0.717) is 0 Å². The van der Waals surface area contributed by atoms with Crippen LogP contribution in [-0.4, -0.2) is 57.0 Å². The van der Waals surface area contributed by atoms with Gasteiger partial charge in [0, 0.05) is 25.7 Å². The summed E-state index contributed by atoms with van der Waals surface area (Å²) in [6.07, 6.45) is 1.98. The fourth-order valence-corrected chi connectivity index (χ4v) is 2.80. The average molecular weight is 294 g/mol. The summed E-state index contributed by atoms with van der Waals surface area (Å²) in [7, 11) is 5.24. The van der Waals surface area contributed by atoms with Crippen molar-refractivity contribution < 1.29 is 14.6 Å². The van der Waals surface area contributed by atoms with E-state index in [4.69, 9.17) is 9.47 Å². The summed E-state index contributed by atoms with van der Waals surface area (Å²) in [5.41, 5.74) is 2.65. The number of likely N-dealkylation sites (N-methyl/N-ethyl adjacent to an activating group) is 1. The molecular weight excluding hydrogens is 268 g/mol. The minimum Gasteiger partial charge on any atom is -0.493 e. The third-order valence-corrected chi connectivity index (χ3v) is 4.22. The van der Waals surface area contributed by atoms with Gasteiger partial charge in [-0.15, -0.1) is 0 Å². The molecule has 0 saturated heterocycles. The van der Waals surface area contributed by atoms with Crippen LogP contribution >= 0.6 is 0 Å². The highest BCUT2D eigenvalue weighted by atomic mass is 16.5. The van der Waals surface area contributed by atoms with Crippen LogP contribution in [0.1, 0.15) is 17.5 Å². The zero-order valence-corrected chi connectivity index (χ0v) is 13.2. The maximum Gasteiger partial charge on any atom is 0.161 e. The Hall–Kier alpha value is -1.30. The van der Waals surface area contributed by atoms with Crippen molar-refractivity contribution in [2.45, 2.75) is 25.4 Å². The van der Waals surface area contributed by atoms with Crippen LogP contribution in [0.5, 0.6) is 11.5 Å². The molecular formula is C16H26N2O3. The van der Waals surface area contributed by atoms with E-state index in [1.54, 1.807) is 14.2 Å². The standard InChI is InChI=1S/C16H26N2O3/c1-17-14(11-19)5-7-18-6-4-12-8-15(20-2)16(21-3)9-13(12)10-18/h8-9,14,17,19H,4-7,10-11H2,1-3H3. The number of nitrogens with zero attached hydrogens (tertiary/aromatic N) is 1. The average Bonchev–Trinajstić information content (AvgIpc) is 2.54. The Labute approximate surface area is 126 Å². The minimum atomic E-state index is 0.178. The number of methoxy groups -OCH3 is 2. The Bertz CT molecular complexity index is 461. The number of fused-ring (bicyclic) bond motifs is 1. The monoisotopic (exact) mass is 294 g/mol. The lowest BCUT2D eigenvalue weighted by atomic mass is 9.98. The van der Waals surface area contributed by atoms with Crippen molar-refractivity contribution in [2.75, 3.05) is 41.0 Å². The molecule has 0 aliphatic carbocycles. The Kier molecular flexibility index (Phi) is 5.85. The van der Waals surface area contributed by atoms with Gasteiger partial charge in [-0.3, -0.25) is 4.90 Å². The normalized spacial score (nSPS) is 16.4. The molecule has 118 valence electrons. The van der Waals surface area contributed by atoms with Gasteiger partial charge in [-0.05, 0) is 43.1 Å². The van der Waals surface area contributed by atoms with Gasteiger partial charge in [0.15, 0.2) is 11.5 Å². The molecule has 0 bridgehead atoms. The van der Waals surface area contributed by atoms with Crippen molar-refractivity contribution >= 4 is 0 Å². The van der Waals surface area contributed by atoms with Crippen molar-refractivity contribution in [1.29, 1.82) is 0 Å². The number of nitrogens with one attached hydrogen (secondary N) is 1. The minimum absolute atomic E-state index is 0.178. The second-order valence-electron chi connectivity index (χ2n) is 5.46. The number of rotatable bonds is 7. The molecule has 1 atom stereocenters. The van der Waals surface area contributed by atoms with Crippen LogP contribution in [0.2, 0.25) is 0 Å². The summed E-state index contributed by atoms with van der Waals surface area (Å²) >= 11 is 0. The SMILES string of the molecule is CNC(CO)CCN1CCc2cc(OC)c(OC)cc2C1. The van der Waals surface area contributed by atoms with Crippen LogP contribution in [0.3, 0.4) is 0 Å². The van der Waals surface area contributed by atoms with Gasteiger partial charge >= 0.3 is 0 Å². The molecule has 1 aromatic rings. The third kappa shape index (κ3) is 3.87. The highest BCUT2D eigenvalue weighted by Crippen LogP contribution is 2.33. The van der Waals surface area contributed by atoms with Gasteiger partial charge < -0.3 is 19.9 Å². The van der Waals surface area contributed by atoms with E-state index < -0.39 is 0 Å². The zero-order chi connectivity index (χ0) is 15.2. The van der Waals surface area contributed by atoms with E-state index >= 15 is 0 Å². The molecule has 1 aliphatic rings. The molecule has 0 fully saturated rings. The smallest absolute Gasteiger partial charge is 0.161 e. The first-order valence-electron chi connectivity index (χ1n) is 7.46. The van der Waals surface area contributed by atoms with E-state index in [1.165, 1.54) is 11.1 Å². The maximum absolute atomic E-state index is 9.23. The second-order valence-corrected chi connectivity index (χ2v) is 5.46. The Balaban J connectivity index is 2.02. The van der Waals surface area contributed by atoms with Gasteiger partial charge in [0.05, 0.1) is 20.8 Å². The molecule has 0 amide bonds. The molecule has 5 heteroatoms. The van der Waals surface area contributed by atoms with Crippen molar-refractivity contribution in [2.24, 2.45) is 0 Å². The molecule has 0 saturated carbocycles. The predicted molar refractivity (Wildman–Crippen MR) is 83.1 cm³/mol. The fourth-order valence-electron chi connectivity index (χ4n) is 2.80. The van der Waals surface area contributed by atoms with Crippen molar-refractivity contribution in [3.63, 3.8) is 0 Å². The topological polar surface area (TPSA) is 54.0 Å². The summed E-state index contributed by atoms with van der Waals surface area (Å²) in [4.78, 5) is 2.42. The van der Waals surface area contributed by atoms with E-state index in [-0.39, 0.29) is 12.6 Å². The van der Waals surface area contributed by atoms with Crippen LogP contribution in [0.4, 0.5) is 0 Å². The van der Waals surface area contributed by atoms with Gasteiger partial charge in [-0.25, -0.2) is 0 Å². The highest BCUT2D eigenvalue weighted by molar-refractivity contribution is 5.48. The fraction of sp³-hybridized carbons (Fsp3) is 0.625. The van der Waals surface area contributed by atoms with Crippen LogP contribution in [-0.2, 0) is 13.0 Å². The molecule has 21 heavy (non-hydrogen) atoms. The molecule has 1 heterocycles. The van der Waals surface area contributed by atoms with Crippen molar-refractivity contribution in [1.82, 2.24) is 10.2 Å². The van der Waals surface area contributed by atoms with Crippen LogP contribution in [0.15, 0.2) is 12.1 Å². The van der Waals surface area contributed by atoms with Gasteiger partial charge in [-0.2, -0.15) is 0 Å². The third-order valence-electron chi connectivity index (χ3n) is 4.22. The number of aliphatic hydroxyl groups excluding tert-OH is 1. The molecule has 2 rings (SSSR count). The first kappa shape index (κ1) is 16.1. The number of aliphatic hydroxyl groups is 1. The Morgan fingerprint density at radius 1 is 1.24 bits per heavy atom. The maximum atomic E-state index is 9.23. The van der Waals surface area contributed by atoms with E-state index in [9.17, 15) is 5.11 Å². The van der Waals surface area contributed by atoms with Gasteiger partial charge in [0.1, 0.15) is 0 Å². The summed E-state index contributed by atoms with van der Waals surface area (Å²) in [5.74, 6) is 1.60. The van der Waals surface area contributed by atoms with Crippen LogP contribution in [0.25, 0.3) is 0 Å².